The third kappa shape index (κ3) is 3.89. The Morgan fingerprint density at radius 1 is 0.774 bits per heavy atom. The van der Waals surface area contributed by atoms with Crippen LogP contribution in [0, 0.1) is 0 Å². The lowest BCUT2D eigenvalue weighted by Gasteiger charge is -2.12. The molecule has 4 aromatic rings. The van der Waals surface area contributed by atoms with Gasteiger partial charge in [-0.05, 0) is 58.4 Å². The molecular formula is C23H19BrN4O3. The molecule has 0 atom stereocenters. The summed E-state index contributed by atoms with van der Waals surface area (Å²) in [6.45, 7) is 0. The topological polar surface area (TPSA) is 85.1 Å². The smallest absolute Gasteiger partial charge is 0.322 e. The number of carbonyl (C=O) groups excluding carboxylic acids is 2. The molecule has 0 aliphatic carbocycles. The number of benzene rings is 3. The van der Waals surface area contributed by atoms with E-state index >= 15 is 0 Å². The van der Waals surface area contributed by atoms with E-state index in [9.17, 15) is 14.4 Å². The van der Waals surface area contributed by atoms with Crippen LogP contribution < -0.4 is 16.3 Å². The van der Waals surface area contributed by atoms with Crippen LogP contribution in [0.15, 0.2) is 76.0 Å². The van der Waals surface area contributed by atoms with E-state index in [4.69, 9.17) is 0 Å². The van der Waals surface area contributed by atoms with E-state index in [0.29, 0.717) is 32.5 Å². The van der Waals surface area contributed by atoms with Crippen molar-refractivity contribution in [3.8, 4) is 0 Å². The first-order chi connectivity index (χ1) is 14.9. The molecule has 0 aliphatic rings. The van der Waals surface area contributed by atoms with Gasteiger partial charge in [0.05, 0.1) is 27.8 Å². The number of rotatable bonds is 4. The minimum atomic E-state index is -0.372. The minimum absolute atomic E-state index is 0.140. The number of hydrogen-bond donors (Lipinski definition) is 2. The lowest BCUT2D eigenvalue weighted by molar-refractivity contribution is 0.102. The molecule has 7 nitrogen and oxygen atoms in total. The van der Waals surface area contributed by atoms with E-state index < -0.39 is 0 Å². The first-order valence-corrected chi connectivity index (χ1v) is 10.3. The van der Waals surface area contributed by atoms with Gasteiger partial charge in [-0.15, -0.1) is 0 Å². The van der Waals surface area contributed by atoms with Gasteiger partial charge in [-0.2, -0.15) is 0 Å². The number of nitrogens with one attached hydrogen (secondary N) is 2. The number of anilines is 2. The predicted molar refractivity (Wildman–Crippen MR) is 125 cm³/mol. The summed E-state index contributed by atoms with van der Waals surface area (Å²) in [6, 6.07) is 19.1. The van der Waals surface area contributed by atoms with E-state index in [1.165, 1.54) is 4.57 Å². The van der Waals surface area contributed by atoms with Crippen LogP contribution in [0.1, 0.15) is 20.7 Å². The molecule has 1 heterocycles. The van der Waals surface area contributed by atoms with E-state index in [1.54, 1.807) is 79.3 Å². The number of fused-ring (bicyclic) bond motifs is 1. The number of hydrogen-bond acceptors (Lipinski definition) is 3. The first-order valence-electron chi connectivity index (χ1n) is 9.48. The third-order valence-corrected chi connectivity index (χ3v) is 5.76. The van der Waals surface area contributed by atoms with Crippen LogP contribution in [0.4, 0.5) is 11.4 Å². The zero-order valence-electron chi connectivity index (χ0n) is 16.8. The molecule has 2 amide bonds. The van der Waals surface area contributed by atoms with Gasteiger partial charge in [0, 0.05) is 24.3 Å². The molecule has 0 saturated carbocycles. The van der Waals surface area contributed by atoms with Gasteiger partial charge in [-0.25, -0.2) is 4.79 Å². The number of nitrogens with zero attached hydrogens (tertiary/aromatic N) is 2. The molecule has 3 aromatic carbocycles. The highest BCUT2D eigenvalue weighted by atomic mass is 79.9. The van der Waals surface area contributed by atoms with Crippen molar-refractivity contribution in [2.24, 2.45) is 14.1 Å². The fourth-order valence-corrected chi connectivity index (χ4v) is 3.87. The molecule has 0 radical (unpaired) electrons. The Labute approximate surface area is 186 Å². The van der Waals surface area contributed by atoms with E-state index in [0.717, 1.165) is 5.52 Å². The molecule has 0 fully saturated rings. The maximum atomic E-state index is 13.0. The lowest BCUT2D eigenvalue weighted by Crippen LogP contribution is -2.19. The highest BCUT2D eigenvalue weighted by molar-refractivity contribution is 9.10. The maximum Gasteiger partial charge on any atom is 0.328 e. The zero-order chi connectivity index (χ0) is 22.1. The first kappa shape index (κ1) is 20.6. The summed E-state index contributed by atoms with van der Waals surface area (Å²) >= 11 is 3.37. The van der Waals surface area contributed by atoms with Crippen LogP contribution in [0.25, 0.3) is 11.0 Å². The minimum Gasteiger partial charge on any atom is -0.322 e. The molecule has 0 unspecified atom stereocenters. The second kappa shape index (κ2) is 8.23. The highest BCUT2D eigenvalue weighted by Gasteiger charge is 2.16. The molecule has 2 N–H and O–H groups in total. The Hall–Kier alpha value is -3.65. The third-order valence-electron chi connectivity index (χ3n) is 5.07. The summed E-state index contributed by atoms with van der Waals surface area (Å²) in [5, 5.41) is 5.65. The summed E-state index contributed by atoms with van der Waals surface area (Å²) < 4.78 is 3.74. The molecular weight excluding hydrogens is 460 g/mol. The number of amides is 2. The number of halogens is 1. The number of imidazole rings is 1. The summed E-state index contributed by atoms with van der Waals surface area (Å²) in [4.78, 5) is 37.8. The SMILES string of the molecule is Cn1c(=O)n(C)c2cc(NC(=O)c3ccccc3NC(=O)c3ccccc3Br)ccc21. The van der Waals surface area contributed by atoms with Crippen molar-refractivity contribution in [1.82, 2.24) is 9.13 Å². The summed E-state index contributed by atoms with van der Waals surface area (Å²) in [5.74, 6) is -0.697. The lowest BCUT2D eigenvalue weighted by atomic mass is 10.1. The van der Waals surface area contributed by atoms with Gasteiger partial charge in [0.15, 0.2) is 0 Å². The molecule has 8 heteroatoms. The zero-order valence-corrected chi connectivity index (χ0v) is 18.4. The Kier molecular flexibility index (Phi) is 5.48. The fraction of sp³-hybridized carbons (Fsp3) is 0.0870. The Balaban J connectivity index is 1.61. The molecule has 0 bridgehead atoms. The van der Waals surface area contributed by atoms with E-state index in [-0.39, 0.29) is 17.5 Å². The summed E-state index contributed by atoms with van der Waals surface area (Å²) in [7, 11) is 3.38. The van der Waals surface area contributed by atoms with Gasteiger partial charge < -0.3 is 10.6 Å². The molecule has 0 aliphatic heterocycles. The van der Waals surface area contributed by atoms with Crippen molar-refractivity contribution < 1.29 is 9.59 Å². The largest absolute Gasteiger partial charge is 0.328 e. The average molecular weight is 479 g/mol. The Morgan fingerprint density at radius 3 is 2.13 bits per heavy atom. The van der Waals surface area contributed by atoms with Crippen LogP contribution in [0.3, 0.4) is 0 Å². The Morgan fingerprint density at radius 2 is 1.39 bits per heavy atom. The highest BCUT2D eigenvalue weighted by Crippen LogP contribution is 2.22. The van der Waals surface area contributed by atoms with Crippen molar-refractivity contribution in [2.75, 3.05) is 10.6 Å². The maximum absolute atomic E-state index is 13.0. The molecule has 1 aromatic heterocycles. The second-order valence-corrected chi connectivity index (χ2v) is 7.89. The van der Waals surface area contributed by atoms with Crippen LogP contribution in [-0.4, -0.2) is 20.9 Å². The van der Waals surface area contributed by atoms with Crippen LogP contribution in [-0.2, 0) is 14.1 Å². The van der Waals surface area contributed by atoms with Gasteiger partial charge in [0.1, 0.15) is 0 Å². The average Bonchev–Trinajstić information content (AvgIpc) is 2.98. The van der Waals surface area contributed by atoms with Crippen LogP contribution >= 0.6 is 15.9 Å². The molecule has 0 saturated heterocycles. The Bertz CT molecular complexity index is 1390. The normalized spacial score (nSPS) is 10.8. The molecule has 156 valence electrons. The van der Waals surface area contributed by atoms with Crippen LogP contribution in [0.5, 0.6) is 0 Å². The standard InChI is InChI=1S/C23H19BrN4O3/c1-27-19-12-11-14(13-20(19)28(2)23(27)31)25-22(30)16-8-4-6-10-18(16)26-21(29)15-7-3-5-9-17(15)24/h3-13H,1-2H3,(H,25,30)(H,26,29). The fourth-order valence-electron chi connectivity index (χ4n) is 3.41. The quantitative estimate of drug-likeness (QED) is 0.462. The number of aromatic nitrogens is 2. The number of carbonyl (C=O) groups is 2. The second-order valence-electron chi connectivity index (χ2n) is 7.04. The monoisotopic (exact) mass is 478 g/mol. The van der Waals surface area contributed by atoms with Crippen LogP contribution in [0.2, 0.25) is 0 Å². The van der Waals surface area contributed by atoms with E-state index in [1.807, 2.05) is 6.07 Å². The molecule has 0 spiro atoms. The van der Waals surface area contributed by atoms with Crippen molar-refractivity contribution >= 4 is 50.2 Å². The number of para-hydroxylation sites is 1. The molecule has 31 heavy (non-hydrogen) atoms. The van der Waals surface area contributed by atoms with Gasteiger partial charge in [0.25, 0.3) is 11.8 Å². The van der Waals surface area contributed by atoms with Gasteiger partial charge >= 0.3 is 5.69 Å². The molecule has 4 rings (SSSR count). The summed E-state index contributed by atoms with van der Waals surface area (Å²) in [5.41, 5.74) is 3.07. The van der Waals surface area contributed by atoms with E-state index in [2.05, 4.69) is 26.6 Å². The van der Waals surface area contributed by atoms with Crippen molar-refractivity contribution in [1.29, 1.82) is 0 Å². The predicted octanol–water partition coefficient (Wildman–Crippen LogP) is 4.14. The number of aryl methyl sites for hydroxylation is 2. The van der Waals surface area contributed by atoms with Gasteiger partial charge in [-0.3, -0.25) is 18.7 Å². The van der Waals surface area contributed by atoms with Crippen molar-refractivity contribution in [3.05, 3.63) is 92.8 Å². The van der Waals surface area contributed by atoms with Gasteiger partial charge in [-0.1, -0.05) is 24.3 Å². The summed E-state index contributed by atoms with van der Waals surface area (Å²) in [6.07, 6.45) is 0. The van der Waals surface area contributed by atoms with Crippen molar-refractivity contribution in [3.63, 3.8) is 0 Å². The van der Waals surface area contributed by atoms with Gasteiger partial charge in [0.2, 0.25) is 0 Å². The van der Waals surface area contributed by atoms with Crippen molar-refractivity contribution in [2.45, 2.75) is 0 Å².